The van der Waals surface area contributed by atoms with Gasteiger partial charge in [-0.15, -0.1) is 0 Å². The first-order chi connectivity index (χ1) is 7.63. The molecule has 0 radical (unpaired) electrons. The summed E-state index contributed by atoms with van der Waals surface area (Å²) in [6, 6.07) is 4.27. The van der Waals surface area contributed by atoms with E-state index in [1.165, 1.54) is 22.0 Å². The van der Waals surface area contributed by atoms with Crippen LogP contribution in [0, 0.1) is 0 Å². The molecular formula is C13H16BrNO. The van der Waals surface area contributed by atoms with E-state index in [0.29, 0.717) is 12.3 Å². The van der Waals surface area contributed by atoms with Crippen LogP contribution >= 0.6 is 15.9 Å². The van der Waals surface area contributed by atoms with Crippen LogP contribution in [0.3, 0.4) is 0 Å². The highest BCUT2D eigenvalue weighted by Gasteiger charge is 2.11. The van der Waals surface area contributed by atoms with Crippen molar-refractivity contribution < 1.29 is 5.11 Å². The summed E-state index contributed by atoms with van der Waals surface area (Å²) in [5.74, 6) is 0.487. The molecular weight excluding hydrogens is 266 g/mol. The highest BCUT2D eigenvalue weighted by molar-refractivity contribution is 9.10. The maximum atomic E-state index is 9.02. The molecule has 2 N–H and O–H groups in total. The summed E-state index contributed by atoms with van der Waals surface area (Å²) in [5, 5.41) is 10.2. The zero-order chi connectivity index (χ0) is 11.7. The molecule has 0 saturated heterocycles. The van der Waals surface area contributed by atoms with Crippen LogP contribution in [0.25, 0.3) is 10.9 Å². The zero-order valence-corrected chi connectivity index (χ0v) is 11.1. The first-order valence-electron chi connectivity index (χ1n) is 5.53. The smallest absolute Gasteiger partial charge is 0.0492 e. The largest absolute Gasteiger partial charge is 0.396 e. The summed E-state index contributed by atoms with van der Waals surface area (Å²) in [7, 11) is 0. The van der Waals surface area contributed by atoms with Crippen molar-refractivity contribution in [3.05, 3.63) is 33.9 Å². The third-order valence-corrected chi connectivity index (χ3v) is 3.33. The predicted octanol–water partition coefficient (Wildman–Crippen LogP) is 3.59. The van der Waals surface area contributed by atoms with Crippen molar-refractivity contribution in [3.63, 3.8) is 0 Å². The van der Waals surface area contributed by atoms with Crippen LogP contribution in [0.4, 0.5) is 0 Å². The molecule has 0 unspecified atom stereocenters. The van der Waals surface area contributed by atoms with Crippen LogP contribution in [0.1, 0.15) is 30.9 Å². The van der Waals surface area contributed by atoms with E-state index >= 15 is 0 Å². The lowest BCUT2D eigenvalue weighted by Crippen LogP contribution is -1.91. The first kappa shape index (κ1) is 11.7. The maximum absolute atomic E-state index is 9.02. The second-order valence-electron chi connectivity index (χ2n) is 4.36. The van der Waals surface area contributed by atoms with Crippen molar-refractivity contribution in [3.8, 4) is 0 Å². The number of hydrogen-bond donors (Lipinski definition) is 2. The number of hydrogen-bond acceptors (Lipinski definition) is 1. The van der Waals surface area contributed by atoms with E-state index < -0.39 is 0 Å². The Morgan fingerprint density at radius 2 is 2.12 bits per heavy atom. The molecule has 2 nitrogen and oxygen atoms in total. The van der Waals surface area contributed by atoms with Crippen LogP contribution in [-0.4, -0.2) is 16.7 Å². The van der Waals surface area contributed by atoms with Crippen LogP contribution < -0.4 is 0 Å². The Kier molecular flexibility index (Phi) is 3.36. The molecule has 0 atom stereocenters. The number of aliphatic hydroxyl groups excluding tert-OH is 1. The molecule has 0 aliphatic carbocycles. The Balaban J connectivity index is 2.65. The van der Waals surface area contributed by atoms with Gasteiger partial charge in [0, 0.05) is 28.2 Å². The predicted molar refractivity (Wildman–Crippen MR) is 70.9 cm³/mol. The number of aliphatic hydroxyl groups is 1. The molecule has 0 aliphatic heterocycles. The summed E-state index contributed by atoms with van der Waals surface area (Å²) in [6.07, 6.45) is 2.70. The number of rotatable bonds is 3. The summed E-state index contributed by atoms with van der Waals surface area (Å²) < 4.78 is 1.10. The van der Waals surface area contributed by atoms with Crippen molar-refractivity contribution in [2.24, 2.45) is 0 Å². The second kappa shape index (κ2) is 4.60. The molecule has 3 heteroatoms. The fourth-order valence-electron chi connectivity index (χ4n) is 2.06. The van der Waals surface area contributed by atoms with Gasteiger partial charge in [0.25, 0.3) is 0 Å². The fraction of sp³-hybridized carbons (Fsp3) is 0.385. The van der Waals surface area contributed by atoms with Crippen molar-refractivity contribution >= 4 is 26.8 Å². The van der Waals surface area contributed by atoms with E-state index in [9.17, 15) is 0 Å². The Hall–Kier alpha value is -0.800. The lowest BCUT2D eigenvalue weighted by Gasteiger charge is -2.08. The van der Waals surface area contributed by atoms with Crippen LogP contribution in [0.15, 0.2) is 22.8 Å². The van der Waals surface area contributed by atoms with Gasteiger partial charge in [-0.3, -0.25) is 0 Å². The Labute approximate surface area is 104 Å². The minimum absolute atomic E-state index is 0.191. The van der Waals surface area contributed by atoms with E-state index in [-0.39, 0.29) is 6.61 Å². The maximum Gasteiger partial charge on any atom is 0.0492 e. The average Bonchev–Trinajstić information content (AvgIpc) is 2.61. The molecule has 0 amide bonds. The SMILES string of the molecule is CC(C)c1cc(Br)cc2c(CCO)c[nH]c12. The Morgan fingerprint density at radius 1 is 1.38 bits per heavy atom. The van der Waals surface area contributed by atoms with Gasteiger partial charge in [0.05, 0.1) is 0 Å². The van der Waals surface area contributed by atoms with Gasteiger partial charge in [-0.25, -0.2) is 0 Å². The number of halogens is 1. The van der Waals surface area contributed by atoms with Gasteiger partial charge in [0.1, 0.15) is 0 Å². The van der Waals surface area contributed by atoms with E-state index in [0.717, 1.165) is 4.47 Å². The average molecular weight is 282 g/mol. The monoisotopic (exact) mass is 281 g/mol. The van der Waals surface area contributed by atoms with Crippen molar-refractivity contribution in [1.29, 1.82) is 0 Å². The molecule has 2 aromatic rings. The van der Waals surface area contributed by atoms with Gasteiger partial charge in [-0.2, -0.15) is 0 Å². The zero-order valence-electron chi connectivity index (χ0n) is 9.55. The number of fused-ring (bicyclic) bond motifs is 1. The Morgan fingerprint density at radius 3 is 2.75 bits per heavy atom. The molecule has 86 valence electrons. The molecule has 16 heavy (non-hydrogen) atoms. The number of H-pyrrole nitrogens is 1. The van der Waals surface area contributed by atoms with Crippen molar-refractivity contribution in [2.75, 3.05) is 6.61 Å². The lowest BCUT2D eigenvalue weighted by atomic mass is 9.99. The standard InChI is InChI=1S/C13H16BrNO/c1-8(2)11-5-10(14)6-12-9(3-4-16)7-15-13(11)12/h5-8,15-16H,3-4H2,1-2H3. The van der Waals surface area contributed by atoms with E-state index in [2.05, 4.69) is 46.9 Å². The first-order valence-corrected chi connectivity index (χ1v) is 6.33. The van der Waals surface area contributed by atoms with Crippen molar-refractivity contribution in [1.82, 2.24) is 4.98 Å². The van der Waals surface area contributed by atoms with Gasteiger partial charge in [0.2, 0.25) is 0 Å². The van der Waals surface area contributed by atoms with Crippen LogP contribution in [-0.2, 0) is 6.42 Å². The van der Waals surface area contributed by atoms with E-state index in [1.807, 2.05) is 6.20 Å². The Bertz CT molecular complexity index is 502. The quantitative estimate of drug-likeness (QED) is 0.886. The summed E-state index contributed by atoms with van der Waals surface area (Å²) in [4.78, 5) is 3.32. The minimum Gasteiger partial charge on any atom is -0.396 e. The van der Waals surface area contributed by atoms with E-state index in [1.54, 1.807) is 0 Å². The van der Waals surface area contributed by atoms with Gasteiger partial charge >= 0.3 is 0 Å². The molecule has 2 rings (SSSR count). The van der Waals surface area contributed by atoms with Crippen LogP contribution in [0.2, 0.25) is 0 Å². The third-order valence-electron chi connectivity index (χ3n) is 2.87. The number of benzene rings is 1. The second-order valence-corrected chi connectivity index (χ2v) is 5.28. The molecule has 0 spiro atoms. The highest BCUT2D eigenvalue weighted by Crippen LogP contribution is 2.30. The lowest BCUT2D eigenvalue weighted by molar-refractivity contribution is 0.300. The summed E-state index contributed by atoms with van der Waals surface area (Å²) in [5.41, 5.74) is 3.69. The molecule has 1 aromatic heterocycles. The fourth-order valence-corrected chi connectivity index (χ4v) is 2.54. The molecule has 0 aliphatic rings. The van der Waals surface area contributed by atoms with Gasteiger partial charge in [-0.1, -0.05) is 29.8 Å². The molecule has 1 heterocycles. The highest BCUT2D eigenvalue weighted by atomic mass is 79.9. The summed E-state index contributed by atoms with van der Waals surface area (Å²) in [6.45, 7) is 4.57. The van der Waals surface area contributed by atoms with Gasteiger partial charge in [0.15, 0.2) is 0 Å². The normalized spacial score (nSPS) is 11.6. The molecule has 1 aromatic carbocycles. The van der Waals surface area contributed by atoms with Gasteiger partial charge in [-0.05, 0) is 35.6 Å². The van der Waals surface area contributed by atoms with Crippen molar-refractivity contribution in [2.45, 2.75) is 26.2 Å². The topological polar surface area (TPSA) is 36.0 Å². The molecule has 0 fully saturated rings. The number of aromatic amines is 1. The van der Waals surface area contributed by atoms with E-state index in [4.69, 9.17) is 5.11 Å². The summed E-state index contributed by atoms with van der Waals surface area (Å²) >= 11 is 3.55. The molecule has 0 saturated carbocycles. The van der Waals surface area contributed by atoms with Gasteiger partial charge < -0.3 is 10.1 Å². The minimum atomic E-state index is 0.191. The number of nitrogens with one attached hydrogen (secondary N) is 1. The molecule has 0 bridgehead atoms. The number of aromatic nitrogens is 1. The van der Waals surface area contributed by atoms with Crippen LogP contribution in [0.5, 0.6) is 0 Å². The third kappa shape index (κ3) is 2.02.